The molecule has 1 heterocycles. The highest BCUT2D eigenvalue weighted by atomic mass is 16.5. The van der Waals surface area contributed by atoms with Crippen molar-refractivity contribution < 1.29 is 9.84 Å². The van der Waals surface area contributed by atoms with Gasteiger partial charge in [0, 0.05) is 25.7 Å². The van der Waals surface area contributed by atoms with Crippen molar-refractivity contribution in [2.24, 2.45) is 5.92 Å². The molecular formula is C16H32N2O2. The highest BCUT2D eigenvalue weighted by Crippen LogP contribution is 2.28. The van der Waals surface area contributed by atoms with E-state index in [0.717, 1.165) is 51.0 Å². The summed E-state index contributed by atoms with van der Waals surface area (Å²) in [6.45, 7) is 7.68. The van der Waals surface area contributed by atoms with Gasteiger partial charge in [-0.1, -0.05) is 13.3 Å². The molecule has 4 nitrogen and oxygen atoms in total. The van der Waals surface area contributed by atoms with E-state index in [2.05, 4.69) is 17.1 Å². The summed E-state index contributed by atoms with van der Waals surface area (Å²) in [5.41, 5.74) is 0. The number of aliphatic hydroxyl groups is 1. The number of hydrogen-bond donors (Lipinski definition) is 2. The maximum Gasteiger partial charge on any atom is 0.0900 e. The van der Waals surface area contributed by atoms with Gasteiger partial charge in [0.2, 0.25) is 0 Å². The van der Waals surface area contributed by atoms with E-state index in [1.54, 1.807) is 0 Å². The number of aliphatic hydroxyl groups excluding tert-OH is 1. The zero-order valence-electron chi connectivity index (χ0n) is 13.0. The van der Waals surface area contributed by atoms with Gasteiger partial charge in [-0.2, -0.15) is 0 Å². The van der Waals surface area contributed by atoms with Crippen molar-refractivity contribution in [3.8, 4) is 0 Å². The molecule has 0 radical (unpaired) electrons. The molecule has 0 aromatic heterocycles. The highest BCUT2D eigenvalue weighted by Gasteiger charge is 2.32. The number of nitrogens with zero attached hydrogens (tertiary/aromatic N) is 1. The number of hydrogen-bond acceptors (Lipinski definition) is 4. The molecule has 0 spiro atoms. The van der Waals surface area contributed by atoms with Crippen molar-refractivity contribution >= 4 is 0 Å². The van der Waals surface area contributed by atoms with E-state index < -0.39 is 0 Å². The van der Waals surface area contributed by atoms with Crippen LogP contribution in [0, 0.1) is 5.92 Å². The van der Waals surface area contributed by atoms with Gasteiger partial charge < -0.3 is 15.2 Å². The van der Waals surface area contributed by atoms with Crippen LogP contribution in [-0.4, -0.2) is 61.5 Å². The molecule has 118 valence electrons. The third kappa shape index (κ3) is 6.08. The monoisotopic (exact) mass is 284 g/mol. The van der Waals surface area contributed by atoms with Crippen molar-refractivity contribution in [2.75, 3.05) is 39.4 Å². The van der Waals surface area contributed by atoms with Crippen molar-refractivity contribution in [1.82, 2.24) is 10.2 Å². The summed E-state index contributed by atoms with van der Waals surface area (Å²) in [5.74, 6) is 0.762. The highest BCUT2D eigenvalue weighted by molar-refractivity contribution is 4.87. The first kappa shape index (κ1) is 16.2. The summed E-state index contributed by atoms with van der Waals surface area (Å²) >= 11 is 0. The van der Waals surface area contributed by atoms with E-state index in [9.17, 15) is 5.11 Å². The Morgan fingerprint density at radius 2 is 2.20 bits per heavy atom. The Morgan fingerprint density at radius 1 is 1.35 bits per heavy atom. The summed E-state index contributed by atoms with van der Waals surface area (Å²) in [5, 5.41) is 13.6. The van der Waals surface area contributed by atoms with Gasteiger partial charge in [0.1, 0.15) is 0 Å². The average molecular weight is 284 g/mol. The number of unbranched alkanes of at least 4 members (excludes halogenated alkanes) is 1. The minimum absolute atomic E-state index is 0.330. The second kappa shape index (κ2) is 8.98. The molecule has 0 aromatic carbocycles. The Labute approximate surface area is 123 Å². The number of ether oxygens (including phenoxy) is 1. The molecule has 1 saturated heterocycles. The summed E-state index contributed by atoms with van der Waals surface area (Å²) in [4.78, 5) is 2.51. The topological polar surface area (TPSA) is 44.7 Å². The predicted molar refractivity (Wildman–Crippen MR) is 81.9 cm³/mol. The zero-order chi connectivity index (χ0) is 14.2. The van der Waals surface area contributed by atoms with Crippen molar-refractivity contribution in [1.29, 1.82) is 0 Å². The molecule has 20 heavy (non-hydrogen) atoms. The van der Waals surface area contributed by atoms with Crippen LogP contribution in [0.4, 0.5) is 0 Å². The summed E-state index contributed by atoms with van der Waals surface area (Å²) in [6.07, 6.45) is 7.16. The second-order valence-corrected chi connectivity index (χ2v) is 6.48. The number of piperidine rings is 1. The van der Waals surface area contributed by atoms with E-state index >= 15 is 0 Å². The Bertz CT molecular complexity index is 253. The normalized spacial score (nSPS) is 25.1. The Kier molecular flexibility index (Phi) is 7.28. The molecule has 4 heteroatoms. The summed E-state index contributed by atoms with van der Waals surface area (Å²) in [7, 11) is 0. The Hall–Kier alpha value is -0.160. The van der Waals surface area contributed by atoms with E-state index in [1.807, 2.05) is 0 Å². The molecule has 2 N–H and O–H groups in total. The van der Waals surface area contributed by atoms with Gasteiger partial charge in [0.25, 0.3) is 0 Å². The third-order valence-electron chi connectivity index (χ3n) is 4.35. The Morgan fingerprint density at radius 3 is 2.85 bits per heavy atom. The number of nitrogens with one attached hydrogen (secondary N) is 1. The van der Waals surface area contributed by atoms with E-state index in [1.165, 1.54) is 32.2 Å². The largest absolute Gasteiger partial charge is 0.389 e. The van der Waals surface area contributed by atoms with Gasteiger partial charge in [0.15, 0.2) is 0 Å². The molecule has 1 aliphatic carbocycles. The maximum atomic E-state index is 10.1. The van der Waals surface area contributed by atoms with Crippen LogP contribution in [-0.2, 0) is 4.74 Å². The quantitative estimate of drug-likeness (QED) is 0.599. The maximum absolute atomic E-state index is 10.1. The van der Waals surface area contributed by atoms with Gasteiger partial charge in [-0.05, 0) is 51.1 Å². The molecular weight excluding hydrogens is 252 g/mol. The SMILES string of the molecule is CCCCOCC(O)CN(CC1CCCNC1)C1CC1. The first-order valence-electron chi connectivity index (χ1n) is 8.50. The minimum atomic E-state index is -0.330. The Balaban J connectivity index is 1.65. The number of rotatable bonds is 10. The fraction of sp³-hybridized carbons (Fsp3) is 1.00. The molecule has 1 saturated carbocycles. The molecule has 0 amide bonds. The lowest BCUT2D eigenvalue weighted by Crippen LogP contribution is -2.43. The molecule has 2 aliphatic rings. The fourth-order valence-corrected chi connectivity index (χ4v) is 3.01. The van der Waals surface area contributed by atoms with Crippen LogP contribution in [0.15, 0.2) is 0 Å². The zero-order valence-corrected chi connectivity index (χ0v) is 13.0. The predicted octanol–water partition coefficient (Wildman–Crippen LogP) is 1.63. The smallest absolute Gasteiger partial charge is 0.0900 e. The summed E-state index contributed by atoms with van der Waals surface area (Å²) < 4.78 is 5.54. The molecule has 2 fully saturated rings. The van der Waals surface area contributed by atoms with Crippen LogP contribution in [0.25, 0.3) is 0 Å². The van der Waals surface area contributed by atoms with Crippen LogP contribution < -0.4 is 5.32 Å². The van der Waals surface area contributed by atoms with Crippen LogP contribution in [0.2, 0.25) is 0 Å². The molecule has 2 rings (SSSR count). The van der Waals surface area contributed by atoms with Crippen molar-refractivity contribution in [3.63, 3.8) is 0 Å². The van der Waals surface area contributed by atoms with Gasteiger partial charge in [-0.15, -0.1) is 0 Å². The van der Waals surface area contributed by atoms with Gasteiger partial charge in [-0.25, -0.2) is 0 Å². The van der Waals surface area contributed by atoms with Gasteiger partial charge >= 0.3 is 0 Å². The lowest BCUT2D eigenvalue weighted by Gasteiger charge is -2.31. The molecule has 0 aromatic rings. The van der Waals surface area contributed by atoms with Crippen molar-refractivity contribution in [2.45, 2.75) is 57.6 Å². The lowest BCUT2D eigenvalue weighted by molar-refractivity contribution is 0.0109. The molecule has 2 unspecified atom stereocenters. The summed E-state index contributed by atoms with van der Waals surface area (Å²) in [6, 6.07) is 0.724. The minimum Gasteiger partial charge on any atom is -0.389 e. The standard InChI is InChI=1S/C16H32N2O2/c1-2-3-9-20-13-16(19)12-18(15-6-7-15)11-14-5-4-8-17-10-14/h14-17,19H,2-13H2,1H3. The van der Waals surface area contributed by atoms with E-state index in [0.29, 0.717) is 6.61 Å². The molecule has 2 atom stereocenters. The molecule has 1 aliphatic heterocycles. The second-order valence-electron chi connectivity index (χ2n) is 6.48. The lowest BCUT2D eigenvalue weighted by atomic mass is 9.99. The van der Waals surface area contributed by atoms with E-state index in [4.69, 9.17) is 4.74 Å². The van der Waals surface area contributed by atoms with E-state index in [-0.39, 0.29) is 6.10 Å². The van der Waals surface area contributed by atoms with Crippen LogP contribution in [0.5, 0.6) is 0 Å². The first-order chi connectivity index (χ1) is 9.79. The average Bonchev–Trinajstić information content (AvgIpc) is 3.29. The molecule has 0 bridgehead atoms. The van der Waals surface area contributed by atoms with Gasteiger partial charge in [-0.3, -0.25) is 4.90 Å². The third-order valence-corrected chi connectivity index (χ3v) is 4.35. The first-order valence-corrected chi connectivity index (χ1v) is 8.50. The van der Waals surface area contributed by atoms with Gasteiger partial charge in [0.05, 0.1) is 12.7 Å². The van der Waals surface area contributed by atoms with Crippen molar-refractivity contribution in [3.05, 3.63) is 0 Å². The fourth-order valence-electron chi connectivity index (χ4n) is 3.01. The van der Waals surface area contributed by atoms with Crippen LogP contribution in [0.1, 0.15) is 45.4 Å². The van der Waals surface area contributed by atoms with Crippen LogP contribution >= 0.6 is 0 Å². The van der Waals surface area contributed by atoms with Crippen LogP contribution in [0.3, 0.4) is 0 Å².